The number of halogens is 1. The molecule has 19 heavy (non-hydrogen) atoms. The fourth-order valence-electron chi connectivity index (χ4n) is 1.54. The van der Waals surface area contributed by atoms with Crippen LogP contribution in [0.4, 0.5) is 5.69 Å². The minimum Gasteiger partial charge on any atom is -0.491 e. The molecule has 0 aliphatic heterocycles. The van der Waals surface area contributed by atoms with Crippen LogP contribution in [-0.2, 0) is 6.42 Å². The lowest BCUT2D eigenvalue weighted by molar-refractivity contribution is -0.384. The highest BCUT2D eigenvalue weighted by molar-refractivity contribution is 6.32. The number of hydrogen-bond acceptors (Lipinski definition) is 4. The van der Waals surface area contributed by atoms with Crippen molar-refractivity contribution >= 4 is 17.3 Å². The van der Waals surface area contributed by atoms with Crippen molar-refractivity contribution in [3.05, 3.63) is 63.4 Å². The average Bonchev–Trinajstić information content (AvgIpc) is 2.42. The van der Waals surface area contributed by atoms with Crippen LogP contribution in [0.5, 0.6) is 5.75 Å². The van der Waals surface area contributed by atoms with Crippen LogP contribution in [0, 0.1) is 10.1 Å². The molecule has 0 saturated heterocycles. The molecule has 0 amide bonds. The molecule has 5 nitrogen and oxygen atoms in total. The largest absolute Gasteiger partial charge is 0.491 e. The zero-order valence-electron chi connectivity index (χ0n) is 9.95. The van der Waals surface area contributed by atoms with Gasteiger partial charge in [-0.1, -0.05) is 17.7 Å². The molecular weight excluding hydrogens is 268 g/mol. The molecule has 1 aromatic carbocycles. The van der Waals surface area contributed by atoms with E-state index in [0.717, 1.165) is 5.56 Å². The Hall–Kier alpha value is -2.14. The van der Waals surface area contributed by atoms with Gasteiger partial charge in [-0.3, -0.25) is 15.1 Å². The van der Waals surface area contributed by atoms with Crippen LogP contribution in [0.1, 0.15) is 5.56 Å². The van der Waals surface area contributed by atoms with E-state index in [4.69, 9.17) is 16.3 Å². The van der Waals surface area contributed by atoms with E-state index in [2.05, 4.69) is 4.98 Å². The molecule has 0 unspecified atom stereocenters. The maximum Gasteiger partial charge on any atom is 0.273 e. The Morgan fingerprint density at radius 2 is 2.21 bits per heavy atom. The van der Waals surface area contributed by atoms with Crippen molar-refractivity contribution < 1.29 is 9.66 Å². The van der Waals surface area contributed by atoms with Crippen LogP contribution in [0.2, 0.25) is 5.02 Å². The smallest absolute Gasteiger partial charge is 0.273 e. The third-order valence-corrected chi connectivity index (χ3v) is 2.81. The average molecular weight is 279 g/mol. The zero-order valence-corrected chi connectivity index (χ0v) is 10.7. The Morgan fingerprint density at radius 3 is 2.89 bits per heavy atom. The number of ether oxygens (including phenoxy) is 1. The summed E-state index contributed by atoms with van der Waals surface area (Å²) in [7, 11) is 0. The minimum atomic E-state index is -0.482. The number of hydrogen-bond donors (Lipinski definition) is 0. The van der Waals surface area contributed by atoms with Crippen molar-refractivity contribution in [2.45, 2.75) is 6.42 Å². The molecule has 0 bridgehead atoms. The SMILES string of the molecule is O=[N+]([O-])c1ccc(Cl)c(OCCc2cccnc2)c1. The van der Waals surface area contributed by atoms with Crippen LogP contribution in [-0.4, -0.2) is 16.5 Å². The third kappa shape index (κ3) is 3.66. The van der Waals surface area contributed by atoms with E-state index in [1.54, 1.807) is 12.4 Å². The van der Waals surface area contributed by atoms with Crippen molar-refractivity contribution in [2.75, 3.05) is 6.61 Å². The molecule has 0 N–H and O–H groups in total. The van der Waals surface area contributed by atoms with E-state index in [1.807, 2.05) is 12.1 Å². The van der Waals surface area contributed by atoms with Crippen LogP contribution in [0.25, 0.3) is 0 Å². The van der Waals surface area contributed by atoms with E-state index in [9.17, 15) is 10.1 Å². The fraction of sp³-hybridized carbons (Fsp3) is 0.154. The Labute approximate surface area is 115 Å². The molecule has 0 saturated carbocycles. The molecule has 0 aliphatic rings. The van der Waals surface area contributed by atoms with Crippen molar-refractivity contribution in [3.8, 4) is 5.75 Å². The van der Waals surface area contributed by atoms with Crippen LogP contribution in [0.3, 0.4) is 0 Å². The van der Waals surface area contributed by atoms with Gasteiger partial charge in [-0.2, -0.15) is 0 Å². The summed E-state index contributed by atoms with van der Waals surface area (Å²) in [5, 5.41) is 11.0. The van der Waals surface area contributed by atoms with Gasteiger partial charge in [-0.15, -0.1) is 0 Å². The third-order valence-electron chi connectivity index (χ3n) is 2.50. The monoisotopic (exact) mass is 278 g/mol. The van der Waals surface area contributed by atoms with E-state index in [1.165, 1.54) is 18.2 Å². The number of nitrogens with zero attached hydrogens (tertiary/aromatic N) is 2. The topological polar surface area (TPSA) is 65.3 Å². The van der Waals surface area contributed by atoms with Gasteiger partial charge in [0, 0.05) is 24.9 Å². The standard InChI is InChI=1S/C13H11ClN2O3/c14-12-4-3-11(16(17)18)8-13(12)19-7-5-10-2-1-6-15-9-10/h1-4,6,8-9H,5,7H2. The summed E-state index contributed by atoms with van der Waals surface area (Å²) in [5.41, 5.74) is 0.991. The highest BCUT2D eigenvalue weighted by atomic mass is 35.5. The Morgan fingerprint density at radius 1 is 1.37 bits per heavy atom. The number of non-ortho nitro benzene ring substituents is 1. The second-order valence-electron chi connectivity index (χ2n) is 3.83. The molecule has 98 valence electrons. The van der Waals surface area contributed by atoms with E-state index >= 15 is 0 Å². The number of pyridine rings is 1. The van der Waals surface area contributed by atoms with Gasteiger partial charge in [0.2, 0.25) is 0 Å². The lowest BCUT2D eigenvalue weighted by Gasteiger charge is -2.07. The highest BCUT2D eigenvalue weighted by Gasteiger charge is 2.10. The lowest BCUT2D eigenvalue weighted by atomic mass is 10.2. The summed E-state index contributed by atoms with van der Waals surface area (Å²) in [4.78, 5) is 14.2. The second kappa shape index (κ2) is 6.15. The van der Waals surface area contributed by atoms with Crippen molar-refractivity contribution in [1.29, 1.82) is 0 Å². The van der Waals surface area contributed by atoms with Gasteiger partial charge < -0.3 is 4.74 Å². The molecule has 1 aromatic heterocycles. The Balaban J connectivity index is 1.99. The fourth-order valence-corrected chi connectivity index (χ4v) is 1.71. The molecule has 2 aromatic rings. The predicted octanol–water partition coefficient (Wildman–Crippen LogP) is 3.26. The van der Waals surface area contributed by atoms with Crippen LogP contribution >= 0.6 is 11.6 Å². The van der Waals surface area contributed by atoms with E-state index in [0.29, 0.717) is 23.8 Å². The minimum absolute atomic E-state index is 0.0409. The van der Waals surface area contributed by atoms with Gasteiger partial charge >= 0.3 is 0 Å². The number of nitro benzene ring substituents is 1. The van der Waals surface area contributed by atoms with Gasteiger partial charge in [0.05, 0.1) is 22.6 Å². The van der Waals surface area contributed by atoms with Crippen molar-refractivity contribution in [2.24, 2.45) is 0 Å². The first-order chi connectivity index (χ1) is 9.16. The molecule has 0 atom stereocenters. The predicted molar refractivity (Wildman–Crippen MR) is 71.5 cm³/mol. The summed E-state index contributed by atoms with van der Waals surface area (Å²) < 4.78 is 5.47. The summed E-state index contributed by atoms with van der Waals surface area (Å²) in [6, 6.07) is 7.90. The second-order valence-corrected chi connectivity index (χ2v) is 4.24. The van der Waals surface area contributed by atoms with Gasteiger partial charge in [0.1, 0.15) is 5.75 Å². The normalized spacial score (nSPS) is 10.2. The van der Waals surface area contributed by atoms with Gasteiger partial charge in [0.15, 0.2) is 0 Å². The molecule has 2 rings (SSSR count). The highest BCUT2D eigenvalue weighted by Crippen LogP contribution is 2.28. The quantitative estimate of drug-likeness (QED) is 0.622. The Bertz CT molecular complexity index is 575. The molecule has 0 radical (unpaired) electrons. The molecular formula is C13H11ClN2O3. The molecule has 0 spiro atoms. The van der Waals surface area contributed by atoms with E-state index in [-0.39, 0.29) is 5.69 Å². The first-order valence-electron chi connectivity index (χ1n) is 5.62. The summed E-state index contributed by atoms with van der Waals surface area (Å²) in [6.07, 6.45) is 4.10. The number of benzene rings is 1. The maximum atomic E-state index is 10.7. The lowest BCUT2D eigenvalue weighted by Crippen LogP contribution is -2.02. The maximum absolute atomic E-state index is 10.7. The Kier molecular flexibility index (Phi) is 4.30. The van der Waals surface area contributed by atoms with E-state index < -0.39 is 4.92 Å². The van der Waals surface area contributed by atoms with Crippen LogP contribution in [0.15, 0.2) is 42.7 Å². The van der Waals surface area contributed by atoms with Gasteiger partial charge in [-0.05, 0) is 17.7 Å². The summed E-state index contributed by atoms with van der Waals surface area (Å²) in [6.45, 7) is 0.382. The van der Waals surface area contributed by atoms with Crippen molar-refractivity contribution in [3.63, 3.8) is 0 Å². The first kappa shape index (κ1) is 13.3. The van der Waals surface area contributed by atoms with Crippen LogP contribution < -0.4 is 4.74 Å². The molecule has 0 fully saturated rings. The zero-order chi connectivity index (χ0) is 13.7. The number of rotatable bonds is 5. The number of aromatic nitrogens is 1. The summed E-state index contributed by atoms with van der Waals surface area (Å²) in [5.74, 6) is 0.319. The van der Waals surface area contributed by atoms with Gasteiger partial charge in [-0.25, -0.2) is 0 Å². The number of nitro groups is 1. The molecule has 6 heteroatoms. The van der Waals surface area contributed by atoms with Gasteiger partial charge in [0.25, 0.3) is 5.69 Å². The van der Waals surface area contributed by atoms with Crippen molar-refractivity contribution in [1.82, 2.24) is 4.98 Å². The summed E-state index contributed by atoms with van der Waals surface area (Å²) >= 11 is 5.92. The molecule has 0 aliphatic carbocycles. The molecule has 1 heterocycles. The first-order valence-corrected chi connectivity index (χ1v) is 6.00.